The molecule has 4 rings (SSSR count). The van der Waals surface area contributed by atoms with Gasteiger partial charge in [0.2, 0.25) is 5.90 Å². The normalized spacial score (nSPS) is 21.1. The molecule has 0 unspecified atom stereocenters. The highest BCUT2D eigenvalue weighted by Crippen LogP contribution is 2.46. The second-order valence-electron chi connectivity index (χ2n) is 8.53. The zero-order chi connectivity index (χ0) is 24.7. The van der Waals surface area contributed by atoms with Crippen LogP contribution in [0.5, 0.6) is 5.75 Å². The summed E-state index contributed by atoms with van der Waals surface area (Å²) in [5.41, 5.74) is 9.54. The molecule has 2 aliphatic heterocycles. The standard InChI is InChI=1S/C26H29N5O4/c1-2-14-26(25(33)31-15-5-6-16-31)23(21-8-3-4-9-22(21)29-30-27)35-24(28-26)19-10-12-20(13-11-19)34-18-7-17-32/h2-4,8-13,23,32H,1,5-7,14-18H2/t23-,26-/m1/s1. The molecular formula is C26H29N5O4. The van der Waals surface area contributed by atoms with Gasteiger partial charge in [0.15, 0.2) is 11.6 Å². The summed E-state index contributed by atoms with van der Waals surface area (Å²) < 4.78 is 12.0. The molecule has 1 fully saturated rings. The fourth-order valence-corrected chi connectivity index (χ4v) is 4.54. The van der Waals surface area contributed by atoms with Gasteiger partial charge in [0, 0.05) is 54.3 Å². The Morgan fingerprint density at radius 2 is 2.03 bits per heavy atom. The number of hydrogen-bond donors (Lipinski definition) is 1. The van der Waals surface area contributed by atoms with Gasteiger partial charge in [0.05, 0.1) is 6.61 Å². The molecule has 2 atom stereocenters. The first-order valence-electron chi connectivity index (χ1n) is 11.8. The van der Waals surface area contributed by atoms with Crippen molar-refractivity contribution in [3.8, 4) is 5.75 Å². The molecule has 35 heavy (non-hydrogen) atoms. The highest BCUT2D eigenvalue weighted by Gasteiger charge is 2.54. The Kier molecular flexibility index (Phi) is 7.70. The molecule has 2 aromatic rings. The lowest BCUT2D eigenvalue weighted by Crippen LogP contribution is -2.49. The summed E-state index contributed by atoms with van der Waals surface area (Å²) in [6.45, 7) is 5.73. The molecule has 0 aromatic heterocycles. The van der Waals surface area contributed by atoms with E-state index in [1.807, 2.05) is 23.1 Å². The van der Waals surface area contributed by atoms with Gasteiger partial charge in [-0.3, -0.25) is 4.79 Å². The summed E-state index contributed by atoms with van der Waals surface area (Å²) in [5, 5.41) is 12.8. The van der Waals surface area contributed by atoms with E-state index in [9.17, 15) is 4.79 Å². The summed E-state index contributed by atoms with van der Waals surface area (Å²) >= 11 is 0. The fourth-order valence-electron chi connectivity index (χ4n) is 4.54. The van der Waals surface area contributed by atoms with E-state index in [1.54, 1.807) is 36.4 Å². The second kappa shape index (κ2) is 11.1. The van der Waals surface area contributed by atoms with Crippen LogP contribution in [0.4, 0.5) is 5.69 Å². The van der Waals surface area contributed by atoms with Crippen molar-refractivity contribution >= 4 is 17.5 Å². The van der Waals surface area contributed by atoms with Gasteiger partial charge in [0.1, 0.15) is 5.75 Å². The Hall–Kier alpha value is -3.81. The van der Waals surface area contributed by atoms with Crippen LogP contribution in [0.1, 0.15) is 42.9 Å². The zero-order valence-electron chi connectivity index (χ0n) is 19.5. The van der Waals surface area contributed by atoms with Crippen LogP contribution in [0.3, 0.4) is 0 Å². The van der Waals surface area contributed by atoms with Crippen LogP contribution in [0.15, 0.2) is 71.3 Å². The molecule has 0 aliphatic carbocycles. The van der Waals surface area contributed by atoms with Gasteiger partial charge in [-0.1, -0.05) is 35.5 Å². The monoisotopic (exact) mass is 475 g/mol. The first-order valence-corrected chi connectivity index (χ1v) is 11.8. The van der Waals surface area contributed by atoms with Crippen LogP contribution in [0.2, 0.25) is 0 Å². The molecule has 0 saturated carbocycles. The minimum atomic E-state index is -1.27. The van der Waals surface area contributed by atoms with E-state index in [0.717, 1.165) is 12.8 Å². The molecule has 1 N–H and O–H groups in total. The van der Waals surface area contributed by atoms with E-state index in [-0.39, 0.29) is 18.9 Å². The van der Waals surface area contributed by atoms with E-state index >= 15 is 0 Å². The van der Waals surface area contributed by atoms with Crippen LogP contribution in [-0.4, -0.2) is 53.7 Å². The number of amides is 1. The first-order chi connectivity index (χ1) is 17.1. The predicted molar refractivity (Wildman–Crippen MR) is 133 cm³/mol. The van der Waals surface area contributed by atoms with Crippen molar-refractivity contribution in [3.05, 3.63) is 82.8 Å². The number of carbonyl (C=O) groups is 1. The van der Waals surface area contributed by atoms with E-state index < -0.39 is 11.6 Å². The number of benzene rings is 2. The van der Waals surface area contributed by atoms with Crippen LogP contribution >= 0.6 is 0 Å². The van der Waals surface area contributed by atoms with Crippen molar-refractivity contribution < 1.29 is 19.4 Å². The first kappa shape index (κ1) is 24.3. The van der Waals surface area contributed by atoms with Crippen molar-refractivity contribution in [1.82, 2.24) is 4.90 Å². The summed E-state index contributed by atoms with van der Waals surface area (Å²) in [6.07, 6.45) is 3.61. The van der Waals surface area contributed by atoms with E-state index in [4.69, 9.17) is 25.1 Å². The SMILES string of the molecule is C=CC[C@@]1(C(=O)N2CCCC2)N=C(c2ccc(OCCCO)cc2)O[C@@H]1c1ccccc1N=[N+]=[N-]. The number of aliphatic hydroxyl groups is 1. The Morgan fingerprint density at radius 1 is 1.29 bits per heavy atom. The number of nitrogens with zero attached hydrogens (tertiary/aromatic N) is 5. The lowest BCUT2D eigenvalue weighted by Gasteiger charge is -2.33. The van der Waals surface area contributed by atoms with Crippen LogP contribution in [0, 0.1) is 0 Å². The molecule has 1 amide bonds. The second-order valence-corrected chi connectivity index (χ2v) is 8.53. The van der Waals surface area contributed by atoms with Gasteiger partial charge in [-0.25, -0.2) is 4.99 Å². The number of ether oxygens (including phenoxy) is 2. The average molecular weight is 476 g/mol. The van der Waals surface area contributed by atoms with Crippen molar-refractivity contribution in [1.29, 1.82) is 0 Å². The van der Waals surface area contributed by atoms with E-state index in [1.165, 1.54) is 0 Å². The molecule has 0 bridgehead atoms. The third-order valence-electron chi connectivity index (χ3n) is 6.23. The maximum atomic E-state index is 13.9. The van der Waals surface area contributed by atoms with Gasteiger partial charge in [-0.15, -0.1) is 6.58 Å². The quantitative estimate of drug-likeness (QED) is 0.174. The Morgan fingerprint density at radius 3 is 2.71 bits per heavy atom. The number of hydrogen-bond acceptors (Lipinski definition) is 6. The van der Waals surface area contributed by atoms with Crippen molar-refractivity contribution in [2.45, 2.75) is 37.3 Å². The average Bonchev–Trinajstić information content (AvgIpc) is 3.55. The third kappa shape index (κ3) is 5.01. The smallest absolute Gasteiger partial charge is 0.255 e. The Bertz CT molecular complexity index is 1140. The molecule has 9 nitrogen and oxygen atoms in total. The number of carbonyl (C=O) groups excluding carboxylic acids is 1. The molecule has 9 heteroatoms. The lowest BCUT2D eigenvalue weighted by atomic mass is 9.83. The lowest BCUT2D eigenvalue weighted by molar-refractivity contribution is -0.138. The number of rotatable bonds is 10. The highest BCUT2D eigenvalue weighted by molar-refractivity contribution is 6.01. The van der Waals surface area contributed by atoms with Gasteiger partial charge >= 0.3 is 0 Å². The topological polar surface area (TPSA) is 120 Å². The summed E-state index contributed by atoms with van der Waals surface area (Å²) in [5.74, 6) is 0.883. The maximum Gasteiger partial charge on any atom is 0.255 e. The molecule has 0 spiro atoms. The zero-order valence-corrected chi connectivity index (χ0v) is 19.5. The Balaban J connectivity index is 1.76. The summed E-state index contributed by atoms with van der Waals surface area (Å²) in [4.78, 5) is 23.6. The molecule has 1 saturated heterocycles. The molecule has 182 valence electrons. The van der Waals surface area contributed by atoms with Gasteiger partial charge in [0.25, 0.3) is 5.91 Å². The number of aliphatic hydroxyl groups excluding tert-OH is 1. The van der Waals surface area contributed by atoms with Crippen molar-refractivity contribution in [2.24, 2.45) is 10.1 Å². The molecular weight excluding hydrogens is 446 g/mol. The fraction of sp³-hybridized carbons (Fsp3) is 0.385. The summed E-state index contributed by atoms with van der Waals surface area (Å²) in [7, 11) is 0. The summed E-state index contributed by atoms with van der Waals surface area (Å²) in [6, 6.07) is 14.4. The minimum absolute atomic E-state index is 0.0673. The van der Waals surface area contributed by atoms with Gasteiger partial charge < -0.3 is 19.5 Å². The van der Waals surface area contributed by atoms with E-state index in [2.05, 4.69) is 16.6 Å². The molecule has 2 heterocycles. The van der Waals surface area contributed by atoms with Crippen LogP contribution in [-0.2, 0) is 9.53 Å². The Labute approximate surface area is 204 Å². The largest absolute Gasteiger partial charge is 0.494 e. The van der Waals surface area contributed by atoms with Crippen molar-refractivity contribution in [3.63, 3.8) is 0 Å². The predicted octanol–water partition coefficient (Wildman–Crippen LogP) is 4.85. The van der Waals surface area contributed by atoms with E-state index in [0.29, 0.717) is 54.6 Å². The van der Waals surface area contributed by atoms with Crippen LogP contribution < -0.4 is 4.74 Å². The number of azide groups is 1. The minimum Gasteiger partial charge on any atom is -0.494 e. The van der Waals surface area contributed by atoms with Gasteiger partial charge in [-0.2, -0.15) is 0 Å². The molecule has 2 aliphatic rings. The van der Waals surface area contributed by atoms with Gasteiger partial charge in [-0.05, 0) is 42.6 Å². The van der Waals surface area contributed by atoms with Crippen LogP contribution in [0.25, 0.3) is 10.4 Å². The van der Waals surface area contributed by atoms with Crippen molar-refractivity contribution in [2.75, 3.05) is 26.3 Å². The molecule has 2 aromatic carbocycles. The highest BCUT2D eigenvalue weighted by atomic mass is 16.5. The number of aliphatic imine (C=N–C) groups is 1. The maximum absolute atomic E-state index is 13.9. The number of likely N-dealkylation sites (tertiary alicyclic amines) is 1. The molecule has 0 radical (unpaired) electrons. The third-order valence-corrected chi connectivity index (χ3v) is 6.23.